The van der Waals surface area contributed by atoms with Crippen molar-refractivity contribution in [3.63, 3.8) is 0 Å². The standard InChI is InChI=1S/C24H31NO4/c1-24(2,3)29-23(26)25-16-7-10-21(15-17-25)28-22-13-11-20(12-14-22)27-18-19-8-5-4-6-9-19/h4-6,8-9,11-14,21H,7,10,15-18H2,1-3H3. The summed E-state index contributed by atoms with van der Waals surface area (Å²) in [6.45, 7) is 7.58. The van der Waals surface area contributed by atoms with Crippen LogP contribution in [0.3, 0.4) is 0 Å². The molecule has 3 rings (SSSR count). The monoisotopic (exact) mass is 397 g/mol. The molecule has 1 saturated heterocycles. The van der Waals surface area contributed by atoms with E-state index in [9.17, 15) is 4.79 Å². The molecule has 2 aromatic carbocycles. The summed E-state index contributed by atoms with van der Waals surface area (Å²) in [7, 11) is 0. The first-order chi connectivity index (χ1) is 13.9. The van der Waals surface area contributed by atoms with Crippen molar-refractivity contribution in [2.24, 2.45) is 0 Å². The van der Waals surface area contributed by atoms with E-state index in [1.54, 1.807) is 4.90 Å². The molecule has 5 nitrogen and oxygen atoms in total. The van der Waals surface area contributed by atoms with Gasteiger partial charge in [-0.25, -0.2) is 4.79 Å². The third-order valence-electron chi connectivity index (χ3n) is 4.70. The predicted molar refractivity (Wildman–Crippen MR) is 113 cm³/mol. The molecule has 0 bridgehead atoms. The first-order valence-electron chi connectivity index (χ1n) is 10.3. The average Bonchev–Trinajstić information content (AvgIpc) is 2.93. The summed E-state index contributed by atoms with van der Waals surface area (Å²) in [5.41, 5.74) is 0.671. The van der Waals surface area contributed by atoms with Gasteiger partial charge in [0.25, 0.3) is 0 Å². The molecule has 156 valence electrons. The second-order valence-corrected chi connectivity index (χ2v) is 8.38. The summed E-state index contributed by atoms with van der Waals surface area (Å²) in [5, 5.41) is 0. The summed E-state index contributed by atoms with van der Waals surface area (Å²) in [6.07, 6.45) is 2.48. The van der Waals surface area contributed by atoms with Crippen LogP contribution < -0.4 is 9.47 Å². The molecule has 29 heavy (non-hydrogen) atoms. The maximum Gasteiger partial charge on any atom is 0.410 e. The van der Waals surface area contributed by atoms with Gasteiger partial charge in [-0.1, -0.05) is 30.3 Å². The molecular formula is C24H31NO4. The number of hydrogen-bond acceptors (Lipinski definition) is 4. The van der Waals surface area contributed by atoms with Gasteiger partial charge in [-0.05, 0) is 63.4 Å². The van der Waals surface area contributed by atoms with E-state index in [0.29, 0.717) is 19.7 Å². The molecule has 1 heterocycles. The van der Waals surface area contributed by atoms with E-state index in [1.165, 1.54) is 0 Å². The van der Waals surface area contributed by atoms with Crippen molar-refractivity contribution >= 4 is 6.09 Å². The van der Waals surface area contributed by atoms with Gasteiger partial charge in [-0.15, -0.1) is 0 Å². The normalized spacial score (nSPS) is 17.3. The van der Waals surface area contributed by atoms with E-state index in [4.69, 9.17) is 14.2 Å². The molecule has 1 aliphatic rings. The summed E-state index contributed by atoms with van der Waals surface area (Å²) < 4.78 is 17.5. The van der Waals surface area contributed by atoms with Gasteiger partial charge in [0, 0.05) is 19.5 Å². The van der Waals surface area contributed by atoms with Gasteiger partial charge in [0.05, 0.1) is 0 Å². The molecule has 0 saturated carbocycles. The van der Waals surface area contributed by atoms with Crippen molar-refractivity contribution in [3.8, 4) is 11.5 Å². The number of nitrogens with zero attached hydrogens (tertiary/aromatic N) is 1. The number of carbonyl (C=O) groups is 1. The fourth-order valence-electron chi connectivity index (χ4n) is 3.24. The molecule has 0 aromatic heterocycles. The summed E-state index contributed by atoms with van der Waals surface area (Å²) in [4.78, 5) is 14.1. The zero-order valence-electron chi connectivity index (χ0n) is 17.6. The van der Waals surface area contributed by atoms with Crippen molar-refractivity contribution in [2.75, 3.05) is 13.1 Å². The van der Waals surface area contributed by atoms with E-state index in [-0.39, 0.29) is 12.2 Å². The number of likely N-dealkylation sites (tertiary alicyclic amines) is 1. The average molecular weight is 398 g/mol. The van der Waals surface area contributed by atoms with Crippen molar-refractivity contribution < 1.29 is 19.0 Å². The van der Waals surface area contributed by atoms with Crippen LogP contribution in [0.4, 0.5) is 4.79 Å². The number of rotatable bonds is 5. The highest BCUT2D eigenvalue weighted by molar-refractivity contribution is 5.68. The van der Waals surface area contributed by atoms with Gasteiger partial charge < -0.3 is 19.1 Å². The van der Waals surface area contributed by atoms with Crippen molar-refractivity contribution in [3.05, 3.63) is 60.2 Å². The Morgan fingerprint density at radius 1 is 0.966 bits per heavy atom. The van der Waals surface area contributed by atoms with Crippen LogP contribution in [0.5, 0.6) is 11.5 Å². The zero-order chi connectivity index (χ0) is 20.7. The third kappa shape index (κ3) is 7.00. The Balaban J connectivity index is 1.47. The minimum absolute atomic E-state index is 0.0959. The number of amides is 1. The van der Waals surface area contributed by atoms with Crippen molar-refractivity contribution in [2.45, 2.75) is 58.3 Å². The lowest BCUT2D eigenvalue weighted by Crippen LogP contribution is -2.37. The van der Waals surface area contributed by atoms with Gasteiger partial charge >= 0.3 is 6.09 Å². The Hall–Kier alpha value is -2.69. The Labute approximate surface area is 173 Å². The van der Waals surface area contributed by atoms with Gasteiger partial charge in [0.15, 0.2) is 0 Å². The van der Waals surface area contributed by atoms with Crippen LogP contribution in [0.1, 0.15) is 45.6 Å². The van der Waals surface area contributed by atoms with Crippen LogP contribution in [-0.2, 0) is 11.3 Å². The Morgan fingerprint density at radius 2 is 1.66 bits per heavy atom. The van der Waals surface area contributed by atoms with Crippen LogP contribution in [0, 0.1) is 0 Å². The molecule has 2 aromatic rings. The van der Waals surface area contributed by atoms with E-state index >= 15 is 0 Å². The largest absolute Gasteiger partial charge is 0.490 e. The second-order valence-electron chi connectivity index (χ2n) is 8.38. The number of ether oxygens (including phenoxy) is 3. The van der Waals surface area contributed by atoms with Gasteiger partial charge in [-0.2, -0.15) is 0 Å². The van der Waals surface area contributed by atoms with Crippen molar-refractivity contribution in [1.29, 1.82) is 0 Å². The molecule has 1 atom stereocenters. The molecule has 0 spiro atoms. The highest BCUT2D eigenvalue weighted by atomic mass is 16.6. The molecule has 0 aliphatic carbocycles. The maximum absolute atomic E-state index is 12.3. The first-order valence-corrected chi connectivity index (χ1v) is 10.3. The summed E-state index contributed by atoms with van der Waals surface area (Å²) in [6, 6.07) is 17.8. The van der Waals surface area contributed by atoms with E-state index in [1.807, 2.05) is 75.4 Å². The summed E-state index contributed by atoms with van der Waals surface area (Å²) in [5.74, 6) is 1.64. The molecule has 1 amide bonds. The van der Waals surface area contributed by atoms with E-state index in [0.717, 1.165) is 36.3 Å². The lowest BCUT2D eigenvalue weighted by atomic mass is 10.1. The highest BCUT2D eigenvalue weighted by Crippen LogP contribution is 2.23. The Bertz CT molecular complexity index is 768. The van der Waals surface area contributed by atoms with Crippen LogP contribution >= 0.6 is 0 Å². The molecule has 1 fully saturated rings. The smallest absolute Gasteiger partial charge is 0.410 e. The summed E-state index contributed by atoms with van der Waals surface area (Å²) >= 11 is 0. The molecule has 0 N–H and O–H groups in total. The van der Waals surface area contributed by atoms with Crippen LogP contribution in [-0.4, -0.2) is 35.8 Å². The lowest BCUT2D eigenvalue weighted by Gasteiger charge is -2.26. The fourth-order valence-corrected chi connectivity index (χ4v) is 3.24. The Morgan fingerprint density at radius 3 is 2.34 bits per heavy atom. The zero-order valence-corrected chi connectivity index (χ0v) is 17.6. The van der Waals surface area contributed by atoms with Crippen LogP contribution in [0.15, 0.2) is 54.6 Å². The highest BCUT2D eigenvalue weighted by Gasteiger charge is 2.25. The quantitative estimate of drug-likeness (QED) is 0.675. The number of carbonyl (C=O) groups excluding carboxylic acids is 1. The maximum atomic E-state index is 12.3. The SMILES string of the molecule is CC(C)(C)OC(=O)N1CCCC(Oc2ccc(OCc3ccccc3)cc2)CC1. The third-order valence-corrected chi connectivity index (χ3v) is 4.70. The van der Waals surface area contributed by atoms with Gasteiger partial charge in [-0.3, -0.25) is 0 Å². The molecular weight excluding hydrogens is 366 g/mol. The first kappa shape index (κ1) is 21.0. The van der Waals surface area contributed by atoms with Crippen molar-refractivity contribution in [1.82, 2.24) is 4.90 Å². The fraction of sp³-hybridized carbons (Fsp3) is 0.458. The van der Waals surface area contributed by atoms with E-state index < -0.39 is 5.60 Å². The Kier molecular flexibility index (Phi) is 7.02. The van der Waals surface area contributed by atoms with E-state index in [2.05, 4.69) is 0 Å². The molecule has 1 unspecified atom stereocenters. The molecule has 0 radical (unpaired) electrons. The number of benzene rings is 2. The topological polar surface area (TPSA) is 48.0 Å². The van der Waals surface area contributed by atoms with Crippen LogP contribution in [0.2, 0.25) is 0 Å². The van der Waals surface area contributed by atoms with Gasteiger partial charge in [0.1, 0.15) is 29.8 Å². The molecule has 5 heteroatoms. The minimum atomic E-state index is -0.469. The van der Waals surface area contributed by atoms with Crippen LogP contribution in [0.25, 0.3) is 0 Å². The molecule has 1 aliphatic heterocycles. The minimum Gasteiger partial charge on any atom is -0.490 e. The number of hydrogen-bond donors (Lipinski definition) is 0. The predicted octanol–water partition coefficient (Wildman–Crippen LogP) is 5.43. The second kappa shape index (κ2) is 9.68. The lowest BCUT2D eigenvalue weighted by molar-refractivity contribution is 0.0252. The van der Waals surface area contributed by atoms with Gasteiger partial charge in [0.2, 0.25) is 0 Å².